The molecule has 0 radical (unpaired) electrons. The number of piperidine rings is 1. The Morgan fingerprint density at radius 1 is 1.12 bits per heavy atom. The Balaban J connectivity index is 1.55. The van der Waals surface area contributed by atoms with Crippen molar-refractivity contribution < 1.29 is 19.1 Å². The van der Waals surface area contributed by atoms with Gasteiger partial charge in [0, 0.05) is 13.0 Å². The summed E-state index contributed by atoms with van der Waals surface area (Å²) < 4.78 is 10.5. The lowest BCUT2D eigenvalue weighted by molar-refractivity contribution is -0.150. The number of ether oxygens (including phenoxy) is 2. The molecule has 0 spiro atoms. The third-order valence-electron chi connectivity index (χ3n) is 6.62. The number of carbonyl (C=O) groups is 2. The highest BCUT2D eigenvalue weighted by Gasteiger charge is 2.35. The maximum absolute atomic E-state index is 13.5. The molecule has 1 amide bonds. The first-order chi connectivity index (χ1) is 16.5. The van der Waals surface area contributed by atoms with Crippen LogP contribution in [0.4, 0.5) is 0 Å². The summed E-state index contributed by atoms with van der Waals surface area (Å²) in [6.07, 6.45) is 2.32. The molecule has 2 aromatic rings. The lowest BCUT2D eigenvalue weighted by atomic mass is 9.95. The first kappa shape index (κ1) is 24.0. The van der Waals surface area contributed by atoms with Gasteiger partial charge in [0.25, 0.3) is 5.91 Å². The third-order valence-corrected chi connectivity index (χ3v) is 6.62. The number of hydrogen-bond donors (Lipinski definition) is 0. The zero-order valence-electron chi connectivity index (χ0n) is 20.2. The van der Waals surface area contributed by atoms with Crippen molar-refractivity contribution in [3.05, 3.63) is 65.2 Å². The van der Waals surface area contributed by atoms with Gasteiger partial charge in [-0.05, 0) is 74.2 Å². The third kappa shape index (κ3) is 5.30. The summed E-state index contributed by atoms with van der Waals surface area (Å²) in [6.45, 7) is 5.83. The van der Waals surface area contributed by atoms with Gasteiger partial charge in [0.05, 0.1) is 37.9 Å². The average molecular weight is 464 g/mol. The van der Waals surface area contributed by atoms with Gasteiger partial charge in [-0.15, -0.1) is 0 Å². The zero-order chi connectivity index (χ0) is 24.1. The molecule has 0 saturated carbocycles. The van der Waals surface area contributed by atoms with Crippen LogP contribution in [0.15, 0.2) is 53.6 Å². The van der Waals surface area contributed by atoms with Gasteiger partial charge in [-0.25, -0.2) is 5.01 Å². The van der Waals surface area contributed by atoms with Crippen LogP contribution in [0.2, 0.25) is 0 Å². The molecule has 1 fully saturated rings. The molecule has 34 heavy (non-hydrogen) atoms. The largest absolute Gasteiger partial charge is 0.497 e. The van der Waals surface area contributed by atoms with Crippen LogP contribution in [0.25, 0.3) is 0 Å². The fourth-order valence-corrected chi connectivity index (χ4v) is 4.82. The smallest absolute Gasteiger partial charge is 0.310 e. The van der Waals surface area contributed by atoms with Crippen molar-refractivity contribution in [2.75, 3.05) is 33.4 Å². The van der Waals surface area contributed by atoms with Crippen LogP contribution in [0.5, 0.6) is 5.75 Å². The Bertz CT molecular complexity index is 1050. The Labute approximate surface area is 201 Å². The van der Waals surface area contributed by atoms with Crippen LogP contribution in [0.1, 0.15) is 48.9 Å². The van der Waals surface area contributed by atoms with Gasteiger partial charge in [-0.1, -0.05) is 24.3 Å². The Morgan fingerprint density at radius 3 is 2.59 bits per heavy atom. The van der Waals surface area contributed by atoms with Crippen molar-refractivity contribution in [1.82, 2.24) is 9.91 Å². The van der Waals surface area contributed by atoms with Crippen LogP contribution in [0.3, 0.4) is 0 Å². The number of amides is 1. The number of methoxy groups -OCH3 is 1. The van der Waals surface area contributed by atoms with Gasteiger partial charge in [-0.3, -0.25) is 14.5 Å². The molecule has 2 aromatic carbocycles. The summed E-state index contributed by atoms with van der Waals surface area (Å²) in [4.78, 5) is 27.8. The van der Waals surface area contributed by atoms with Crippen molar-refractivity contribution in [1.29, 1.82) is 0 Å². The Morgan fingerprint density at radius 2 is 1.88 bits per heavy atom. The van der Waals surface area contributed by atoms with E-state index in [1.165, 1.54) is 0 Å². The maximum Gasteiger partial charge on any atom is 0.310 e. The first-order valence-electron chi connectivity index (χ1n) is 12.0. The molecule has 7 heteroatoms. The standard InChI is InChI=1S/C27H33N3O4/c1-4-34-27(32)21-9-7-15-29(17-21)18-26(31)30-25(23-10-6-5-8-19(23)2)16-24(28-30)20-11-13-22(33-3)14-12-20/h5-6,8,10-14,21,25H,4,7,9,15-18H2,1-3H3/t21-,25-/m0/s1. The molecule has 0 bridgehead atoms. The van der Waals surface area contributed by atoms with Gasteiger partial charge < -0.3 is 9.47 Å². The number of hydrazone groups is 1. The lowest BCUT2D eigenvalue weighted by Gasteiger charge is -2.32. The van der Waals surface area contributed by atoms with Crippen LogP contribution in [-0.2, 0) is 14.3 Å². The molecule has 2 atom stereocenters. The highest BCUT2D eigenvalue weighted by molar-refractivity contribution is 6.03. The molecule has 0 aromatic heterocycles. The van der Waals surface area contributed by atoms with Crippen molar-refractivity contribution in [3.63, 3.8) is 0 Å². The Hall–Kier alpha value is -3.19. The number of aryl methyl sites for hydroxylation is 1. The lowest BCUT2D eigenvalue weighted by Crippen LogP contribution is -2.44. The maximum atomic E-state index is 13.5. The summed E-state index contributed by atoms with van der Waals surface area (Å²) in [5, 5.41) is 6.45. The Kier molecular flexibility index (Phi) is 7.63. The van der Waals surface area contributed by atoms with Crippen LogP contribution in [-0.4, -0.2) is 60.8 Å². The van der Waals surface area contributed by atoms with E-state index in [1.807, 2.05) is 43.3 Å². The molecule has 7 nitrogen and oxygen atoms in total. The molecule has 0 N–H and O–H groups in total. The molecular weight excluding hydrogens is 430 g/mol. The molecular formula is C27H33N3O4. The summed E-state index contributed by atoms with van der Waals surface area (Å²) in [5.41, 5.74) is 4.10. The van der Waals surface area contributed by atoms with Crippen LogP contribution >= 0.6 is 0 Å². The number of rotatable bonds is 7. The van der Waals surface area contributed by atoms with Crippen LogP contribution in [0, 0.1) is 12.8 Å². The second-order valence-corrected chi connectivity index (χ2v) is 8.92. The van der Waals surface area contributed by atoms with Crippen molar-refractivity contribution >= 4 is 17.6 Å². The van der Waals surface area contributed by atoms with E-state index in [4.69, 9.17) is 14.6 Å². The van der Waals surface area contributed by atoms with Crippen molar-refractivity contribution in [2.45, 2.75) is 39.2 Å². The van der Waals surface area contributed by atoms with Crippen molar-refractivity contribution in [2.24, 2.45) is 11.0 Å². The van der Waals surface area contributed by atoms with E-state index in [1.54, 1.807) is 12.1 Å². The van der Waals surface area contributed by atoms with E-state index >= 15 is 0 Å². The second-order valence-electron chi connectivity index (χ2n) is 8.92. The fourth-order valence-electron chi connectivity index (χ4n) is 4.82. The predicted octanol–water partition coefficient (Wildman–Crippen LogP) is 3.96. The highest BCUT2D eigenvalue weighted by atomic mass is 16.5. The number of benzene rings is 2. The minimum absolute atomic E-state index is 0.0544. The fraction of sp³-hybridized carbons (Fsp3) is 0.444. The number of carbonyl (C=O) groups excluding carboxylic acids is 2. The minimum Gasteiger partial charge on any atom is -0.497 e. The zero-order valence-corrected chi connectivity index (χ0v) is 20.2. The highest BCUT2D eigenvalue weighted by Crippen LogP contribution is 2.35. The summed E-state index contributed by atoms with van der Waals surface area (Å²) >= 11 is 0. The van der Waals surface area contributed by atoms with E-state index in [0.29, 0.717) is 19.6 Å². The molecule has 180 valence electrons. The normalized spacial score (nSPS) is 20.7. The van der Waals surface area contributed by atoms with Crippen LogP contribution < -0.4 is 4.74 Å². The van der Waals surface area contributed by atoms with Crippen molar-refractivity contribution in [3.8, 4) is 5.75 Å². The molecule has 2 heterocycles. The van der Waals surface area contributed by atoms with Gasteiger partial charge in [0.1, 0.15) is 5.75 Å². The molecule has 2 aliphatic heterocycles. The number of likely N-dealkylation sites (tertiary alicyclic amines) is 1. The molecule has 0 unspecified atom stereocenters. The molecule has 0 aliphatic carbocycles. The molecule has 1 saturated heterocycles. The van der Waals surface area contributed by atoms with E-state index in [0.717, 1.165) is 47.5 Å². The average Bonchev–Trinajstić information content (AvgIpc) is 3.30. The molecule has 2 aliphatic rings. The van der Waals surface area contributed by atoms with Gasteiger partial charge >= 0.3 is 5.97 Å². The first-order valence-corrected chi connectivity index (χ1v) is 12.0. The summed E-state index contributed by atoms with van der Waals surface area (Å²) in [5.74, 6) is 0.386. The van der Waals surface area contributed by atoms with Gasteiger partial charge in [-0.2, -0.15) is 5.10 Å². The summed E-state index contributed by atoms with van der Waals surface area (Å²) in [7, 11) is 1.64. The van der Waals surface area contributed by atoms with E-state index in [9.17, 15) is 9.59 Å². The van der Waals surface area contributed by atoms with E-state index in [-0.39, 0.29) is 30.4 Å². The van der Waals surface area contributed by atoms with Gasteiger partial charge in [0.2, 0.25) is 0 Å². The second kappa shape index (κ2) is 10.8. The summed E-state index contributed by atoms with van der Waals surface area (Å²) in [6, 6.07) is 15.8. The number of esters is 1. The molecule has 4 rings (SSSR count). The van der Waals surface area contributed by atoms with Gasteiger partial charge in [0.15, 0.2) is 0 Å². The number of hydrogen-bond acceptors (Lipinski definition) is 6. The van der Waals surface area contributed by atoms with E-state index in [2.05, 4.69) is 24.0 Å². The number of nitrogens with zero attached hydrogens (tertiary/aromatic N) is 3. The van der Waals surface area contributed by atoms with E-state index < -0.39 is 0 Å². The predicted molar refractivity (Wildman–Crippen MR) is 131 cm³/mol. The monoisotopic (exact) mass is 463 g/mol. The quantitative estimate of drug-likeness (QED) is 0.582. The SMILES string of the molecule is CCOC(=O)[C@H]1CCCN(CC(=O)N2N=C(c3ccc(OC)cc3)C[C@H]2c2ccccc2C)C1. The minimum atomic E-state index is -0.175. The topological polar surface area (TPSA) is 71.4 Å².